The average Bonchev–Trinajstić information content (AvgIpc) is 2.34. The quantitative estimate of drug-likeness (QED) is 0.854. The Morgan fingerprint density at radius 3 is 1.86 bits per heavy atom. The van der Waals surface area contributed by atoms with Crippen LogP contribution in [0.5, 0.6) is 0 Å². The first-order valence-corrected chi connectivity index (χ1v) is 5.22. The molecule has 0 saturated carbocycles. The van der Waals surface area contributed by atoms with Crippen LogP contribution in [0.25, 0.3) is 0 Å². The van der Waals surface area contributed by atoms with Crippen molar-refractivity contribution in [2.75, 3.05) is 0 Å². The van der Waals surface area contributed by atoms with Gasteiger partial charge < -0.3 is 4.74 Å². The minimum atomic E-state index is -5.84. The molecule has 0 spiro atoms. The van der Waals surface area contributed by atoms with Gasteiger partial charge in [-0.1, -0.05) is 18.2 Å². The highest BCUT2D eigenvalue weighted by atomic mass is 19.4. The summed E-state index contributed by atoms with van der Waals surface area (Å²) in [7, 11) is 0. The number of carbonyl (C=O) groups is 2. The topological polar surface area (TPSA) is 55.4 Å². The molecule has 21 heavy (non-hydrogen) atoms. The fourth-order valence-electron chi connectivity index (χ4n) is 1.21. The van der Waals surface area contributed by atoms with E-state index >= 15 is 0 Å². The lowest BCUT2D eigenvalue weighted by atomic mass is 10.2. The summed E-state index contributed by atoms with van der Waals surface area (Å²) < 4.78 is 76.0. The molecule has 0 heterocycles. The minimum Gasteiger partial charge on any atom is -0.426 e. The van der Waals surface area contributed by atoms with Gasteiger partial charge in [-0.05, 0) is 12.1 Å². The van der Waals surface area contributed by atoms with Crippen LogP contribution in [0.4, 0.5) is 31.1 Å². The number of halogens is 6. The largest absolute Gasteiger partial charge is 0.434 e. The molecule has 0 aromatic heterocycles. The number of ether oxygens (including phenoxy) is 1. The molecule has 1 aromatic carbocycles. The van der Waals surface area contributed by atoms with Crippen LogP contribution in [0.3, 0.4) is 0 Å². The maximum absolute atomic E-state index is 12.1. The van der Waals surface area contributed by atoms with Crippen molar-refractivity contribution in [3.05, 3.63) is 35.9 Å². The Bertz CT molecular complexity index is 497. The molecule has 116 valence electrons. The van der Waals surface area contributed by atoms with Crippen molar-refractivity contribution >= 4 is 12.0 Å². The highest BCUT2D eigenvalue weighted by molar-refractivity contribution is 6.02. The SMILES string of the molecule is O=C(NC(=O)c1ccccc1)OC(C(F)(F)F)C(F)(F)F. The Kier molecular flexibility index (Phi) is 4.81. The summed E-state index contributed by atoms with van der Waals surface area (Å²) in [6.07, 6.45) is -18.1. The Morgan fingerprint density at radius 1 is 0.952 bits per heavy atom. The van der Waals surface area contributed by atoms with Crippen LogP contribution in [-0.4, -0.2) is 30.5 Å². The Morgan fingerprint density at radius 2 is 1.43 bits per heavy atom. The molecule has 0 aliphatic rings. The van der Waals surface area contributed by atoms with Crippen LogP contribution < -0.4 is 5.32 Å². The van der Waals surface area contributed by atoms with E-state index in [2.05, 4.69) is 4.74 Å². The first-order chi connectivity index (χ1) is 9.51. The first-order valence-electron chi connectivity index (χ1n) is 5.22. The van der Waals surface area contributed by atoms with E-state index in [1.165, 1.54) is 35.6 Å². The number of hydrogen-bond acceptors (Lipinski definition) is 3. The third-order valence-electron chi connectivity index (χ3n) is 2.07. The van der Waals surface area contributed by atoms with Gasteiger partial charge in [-0.3, -0.25) is 10.1 Å². The first kappa shape index (κ1) is 16.8. The molecule has 2 amide bonds. The summed E-state index contributed by atoms with van der Waals surface area (Å²) in [5.74, 6) is -1.19. The van der Waals surface area contributed by atoms with Crippen molar-refractivity contribution in [2.45, 2.75) is 18.5 Å². The fourth-order valence-corrected chi connectivity index (χ4v) is 1.21. The number of alkyl halides is 6. The molecule has 0 aliphatic carbocycles. The van der Waals surface area contributed by atoms with Crippen molar-refractivity contribution in [2.24, 2.45) is 0 Å². The van der Waals surface area contributed by atoms with Gasteiger partial charge in [-0.15, -0.1) is 0 Å². The van der Waals surface area contributed by atoms with Crippen molar-refractivity contribution in [1.29, 1.82) is 0 Å². The van der Waals surface area contributed by atoms with Gasteiger partial charge in [-0.2, -0.15) is 26.3 Å². The molecule has 1 rings (SSSR count). The summed E-state index contributed by atoms with van der Waals surface area (Å²) in [5, 5.41) is 1.27. The fraction of sp³-hybridized carbons (Fsp3) is 0.273. The van der Waals surface area contributed by atoms with Crippen molar-refractivity contribution in [1.82, 2.24) is 5.32 Å². The van der Waals surface area contributed by atoms with Gasteiger partial charge in [0.05, 0.1) is 0 Å². The number of benzene rings is 1. The van der Waals surface area contributed by atoms with E-state index in [1.807, 2.05) is 0 Å². The van der Waals surface area contributed by atoms with E-state index in [0.29, 0.717) is 0 Å². The summed E-state index contributed by atoms with van der Waals surface area (Å²) >= 11 is 0. The number of nitrogens with one attached hydrogen (secondary N) is 1. The number of amides is 2. The zero-order valence-electron chi connectivity index (χ0n) is 9.96. The maximum Gasteiger partial charge on any atom is 0.434 e. The maximum atomic E-state index is 12.1. The Balaban J connectivity index is 2.74. The van der Waals surface area contributed by atoms with E-state index in [-0.39, 0.29) is 5.56 Å². The second-order valence-electron chi connectivity index (χ2n) is 3.69. The zero-order chi connectivity index (χ0) is 16.3. The minimum absolute atomic E-state index is 0.134. The second-order valence-corrected chi connectivity index (χ2v) is 3.69. The number of hydrogen-bond donors (Lipinski definition) is 1. The molecule has 0 fully saturated rings. The van der Waals surface area contributed by atoms with Gasteiger partial charge in [0.2, 0.25) is 0 Å². The Labute approximate surface area is 113 Å². The van der Waals surface area contributed by atoms with Gasteiger partial charge >= 0.3 is 18.4 Å². The summed E-state index contributed by atoms with van der Waals surface area (Å²) in [5.41, 5.74) is -0.134. The molecule has 1 aromatic rings. The standard InChI is InChI=1S/C11H7F6NO3/c12-10(13,14)8(11(15,16)17)21-9(20)18-7(19)6-4-2-1-3-5-6/h1-5,8H,(H,18,19,20). The molecule has 4 nitrogen and oxygen atoms in total. The predicted molar refractivity (Wildman–Crippen MR) is 56.3 cm³/mol. The molecule has 0 unspecified atom stereocenters. The van der Waals surface area contributed by atoms with Gasteiger partial charge in [0.1, 0.15) is 0 Å². The van der Waals surface area contributed by atoms with Crippen LogP contribution in [0.2, 0.25) is 0 Å². The van der Waals surface area contributed by atoms with Crippen molar-refractivity contribution in [3.63, 3.8) is 0 Å². The molecular formula is C11H7F6NO3. The highest BCUT2D eigenvalue weighted by Gasteiger charge is 2.60. The number of imide groups is 1. The van der Waals surface area contributed by atoms with Crippen LogP contribution in [0, 0.1) is 0 Å². The van der Waals surface area contributed by atoms with Crippen LogP contribution >= 0.6 is 0 Å². The third kappa shape index (κ3) is 4.97. The van der Waals surface area contributed by atoms with E-state index in [1.54, 1.807) is 0 Å². The van der Waals surface area contributed by atoms with Gasteiger partial charge in [0.15, 0.2) is 0 Å². The smallest absolute Gasteiger partial charge is 0.426 e. The summed E-state index contributed by atoms with van der Waals surface area (Å²) in [6, 6.07) is 6.68. The van der Waals surface area contributed by atoms with Gasteiger partial charge in [0.25, 0.3) is 12.0 Å². The lowest BCUT2D eigenvalue weighted by Crippen LogP contribution is -2.48. The van der Waals surface area contributed by atoms with Crippen molar-refractivity contribution < 1.29 is 40.7 Å². The molecule has 0 radical (unpaired) electrons. The summed E-state index contributed by atoms with van der Waals surface area (Å²) in [6.45, 7) is 0. The molecular weight excluding hydrogens is 308 g/mol. The van der Waals surface area contributed by atoms with Crippen LogP contribution in [0.15, 0.2) is 30.3 Å². The van der Waals surface area contributed by atoms with E-state index in [4.69, 9.17) is 0 Å². The molecule has 0 atom stereocenters. The van der Waals surface area contributed by atoms with E-state index in [0.717, 1.165) is 0 Å². The lowest BCUT2D eigenvalue weighted by molar-refractivity contribution is -0.306. The van der Waals surface area contributed by atoms with Gasteiger partial charge in [-0.25, -0.2) is 4.79 Å². The van der Waals surface area contributed by atoms with E-state index in [9.17, 15) is 35.9 Å². The third-order valence-corrected chi connectivity index (χ3v) is 2.07. The van der Waals surface area contributed by atoms with Crippen LogP contribution in [0.1, 0.15) is 10.4 Å². The number of alkyl carbamates (subject to hydrolysis) is 1. The molecule has 10 heteroatoms. The Hall–Kier alpha value is -2.26. The van der Waals surface area contributed by atoms with E-state index < -0.39 is 30.5 Å². The number of rotatable bonds is 2. The van der Waals surface area contributed by atoms with Crippen molar-refractivity contribution in [3.8, 4) is 0 Å². The normalized spacial score (nSPS) is 12.1. The lowest BCUT2D eigenvalue weighted by Gasteiger charge is -2.22. The molecule has 0 bridgehead atoms. The number of carbonyl (C=O) groups excluding carboxylic acids is 2. The molecule has 0 saturated heterocycles. The monoisotopic (exact) mass is 315 g/mol. The van der Waals surface area contributed by atoms with Gasteiger partial charge in [0, 0.05) is 5.56 Å². The molecule has 0 aliphatic heterocycles. The molecule has 1 N–H and O–H groups in total. The summed E-state index contributed by atoms with van der Waals surface area (Å²) in [4.78, 5) is 22.3. The average molecular weight is 315 g/mol. The second kappa shape index (κ2) is 6.02. The zero-order valence-corrected chi connectivity index (χ0v) is 9.96. The predicted octanol–water partition coefficient (Wildman–Crippen LogP) is 3.05. The highest BCUT2D eigenvalue weighted by Crippen LogP contribution is 2.35. The van der Waals surface area contributed by atoms with Crippen LogP contribution in [-0.2, 0) is 4.74 Å².